The van der Waals surface area contributed by atoms with E-state index in [2.05, 4.69) is 50.3 Å². The van der Waals surface area contributed by atoms with Crippen LogP contribution in [0.5, 0.6) is 46.0 Å². The van der Waals surface area contributed by atoms with E-state index in [1.54, 1.807) is 20.3 Å². The minimum Gasteiger partial charge on any atom is -1.00 e. The fourth-order valence-corrected chi connectivity index (χ4v) is 7.31. The largest absolute Gasteiger partial charge is 1.00 e. The second-order valence-corrected chi connectivity index (χ2v) is 13.1. The molecule has 6 bridgehead atoms. The standard InChI is InChI=1S/C37H40N2O6.2ClH.H2O/c1-38-13-11-24-19-32(42-4)33-21-27(24)28(38)16-22-7-6-8-26(15-22)44-37-35-25(20-34(43-5)36(37)41)12-14-39(2,3)29(35)17-23-9-10-30(40)31(18-23)45-33;;;/h6-10,15,18-21,28-29H,11-14,16-17H2,1-5H3,(H-,40,41);2*1H;1H2/p-1/t28-,29+;;;/m0.../s1. The minimum atomic E-state index is -0.0515. The van der Waals surface area contributed by atoms with Gasteiger partial charge in [0.1, 0.15) is 11.8 Å². The quantitative estimate of drug-likeness (QED) is 0.281. The summed E-state index contributed by atoms with van der Waals surface area (Å²) < 4.78 is 25.3. The molecule has 9 nitrogen and oxygen atoms in total. The van der Waals surface area contributed by atoms with Gasteiger partial charge in [-0.15, -0.1) is 0 Å². The zero-order valence-electron chi connectivity index (χ0n) is 27.8. The second-order valence-electron chi connectivity index (χ2n) is 13.1. The third-order valence-corrected chi connectivity index (χ3v) is 9.97. The van der Waals surface area contributed by atoms with E-state index in [1.807, 2.05) is 30.3 Å². The molecule has 0 aliphatic carbocycles. The highest BCUT2D eigenvalue weighted by molar-refractivity contribution is 5.61. The minimum absolute atomic E-state index is 0. The highest BCUT2D eigenvalue weighted by atomic mass is 35.5. The zero-order chi connectivity index (χ0) is 31.5. The molecule has 0 spiro atoms. The van der Waals surface area contributed by atoms with Crippen molar-refractivity contribution in [2.45, 2.75) is 37.8 Å². The Bertz CT molecular complexity index is 1800. The van der Waals surface area contributed by atoms with Crippen molar-refractivity contribution in [3.8, 4) is 46.0 Å². The zero-order valence-corrected chi connectivity index (χ0v) is 29.4. The molecule has 3 heterocycles. The van der Waals surface area contributed by atoms with Gasteiger partial charge in [-0.2, -0.15) is 0 Å². The first kappa shape index (κ1) is 37.0. The summed E-state index contributed by atoms with van der Waals surface area (Å²) in [5.74, 6) is 3.16. The second kappa shape index (κ2) is 14.3. The fourth-order valence-electron chi connectivity index (χ4n) is 7.31. The number of quaternary nitrogens is 1. The SMILES string of the molecule is COc1cc2c3cc1Oc1cc(ccc1O)C[C@@H]1c4c(cc(OC)c(O)c4Oc4cccc(c4)C[C@@H]3N(C)CC2)CC[N+]1(C)C.O.[Cl-].[Cl-]. The number of hydrogen-bond acceptors (Lipinski definition) is 7. The molecule has 4 aromatic rings. The summed E-state index contributed by atoms with van der Waals surface area (Å²) in [6.07, 6.45) is 3.11. The Labute approximate surface area is 294 Å². The Morgan fingerprint density at radius 1 is 0.812 bits per heavy atom. The number of benzene rings is 4. The maximum atomic E-state index is 11.6. The van der Waals surface area contributed by atoms with Crippen LogP contribution in [0, 0.1) is 0 Å². The molecular formula is C37H43Cl2N2O7-. The van der Waals surface area contributed by atoms with Crippen molar-refractivity contribution < 1.29 is 63.9 Å². The number of hydrogen-bond donors (Lipinski definition) is 2. The lowest BCUT2D eigenvalue weighted by Gasteiger charge is -2.43. The summed E-state index contributed by atoms with van der Waals surface area (Å²) in [5.41, 5.74) is 6.59. The van der Waals surface area contributed by atoms with Crippen molar-refractivity contribution in [1.29, 1.82) is 0 Å². The predicted octanol–water partition coefficient (Wildman–Crippen LogP) is -0.116. The van der Waals surface area contributed by atoms with Gasteiger partial charge in [0, 0.05) is 25.4 Å². The first-order valence-electron chi connectivity index (χ1n) is 15.6. The molecule has 2 atom stereocenters. The number of likely N-dealkylation sites (N-methyl/N-ethyl adjacent to an activating group) is 2. The predicted molar refractivity (Wildman–Crippen MR) is 176 cm³/mol. The summed E-state index contributed by atoms with van der Waals surface area (Å²) in [6, 6.07) is 19.8. The van der Waals surface area contributed by atoms with Crippen molar-refractivity contribution in [2.24, 2.45) is 0 Å². The first-order chi connectivity index (χ1) is 21.6. The van der Waals surface area contributed by atoms with Crippen LogP contribution < -0.4 is 43.8 Å². The van der Waals surface area contributed by atoms with Crippen LogP contribution in [-0.2, 0) is 25.7 Å². The van der Waals surface area contributed by atoms with Gasteiger partial charge in [0.2, 0.25) is 5.75 Å². The van der Waals surface area contributed by atoms with Gasteiger partial charge in [-0.05, 0) is 90.2 Å². The van der Waals surface area contributed by atoms with Gasteiger partial charge in [-0.3, -0.25) is 4.90 Å². The van der Waals surface area contributed by atoms with E-state index in [-0.39, 0.29) is 53.9 Å². The number of aromatic hydroxyl groups is 2. The number of halogens is 2. The summed E-state index contributed by atoms with van der Waals surface area (Å²) in [6.45, 7) is 1.82. The van der Waals surface area contributed by atoms with Crippen molar-refractivity contribution >= 4 is 0 Å². The normalized spacial score (nSPS) is 18.9. The van der Waals surface area contributed by atoms with Gasteiger partial charge in [0.15, 0.2) is 34.5 Å². The van der Waals surface area contributed by atoms with Crippen LogP contribution in [0.4, 0.5) is 0 Å². The van der Waals surface area contributed by atoms with E-state index in [4.69, 9.17) is 18.9 Å². The molecule has 3 aliphatic rings. The molecule has 7 rings (SSSR count). The van der Waals surface area contributed by atoms with Crippen molar-refractivity contribution in [3.05, 3.63) is 94.0 Å². The Morgan fingerprint density at radius 2 is 1.54 bits per heavy atom. The highest BCUT2D eigenvalue weighted by Gasteiger charge is 2.41. The molecule has 11 heteroatoms. The Balaban J connectivity index is 0.00000173. The maximum Gasteiger partial charge on any atom is 0.201 e. The van der Waals surface area contributed by atoms with Crippen LogP contribution in [0.3, 0.4) is 0 Å². The van der Waals surface area contributed by atoms with Gasteiger partial charge < -0.3 is 63.9 Å². The lowest BCUT2D eigenvalue weighted by atomic mass is 9.86. The number of nitrogens with zero attached hydrogens (tertiary/aromatic N) is 2. The summed E-state index contributed by atoms with van der Waals surface area (Å²) in [5, 5.41) is 22.5. The first-order valence-corrected chi connectivity index (χ1v) is 15.6. The summed E-state index contributed by atoms with van der Waals surface area (Å²) >= 11 is 0. The van der Waals surface area contributed by atoms with Crippen molar-refractivity contribution in [3.63, 3.8) is 0 Å². The van der Waals surface area contributed by atoms with E-state index in [0.29, 0.717) is 45.4 Å². The third-order valence-electron chi connectivity index (χ3n) is 9.97. The van der Waals surface area contributed by atoms with Gasteiger partial charge in [0.05, 0.1) is 40.4 Å². The average Bonchev–Trinajstić information content (AvgIpc) is 3.02. The molecular weight excluding hydrogens is 655 g/mol. The Kier molecular flexibility index (Phi) is 11.0. The third kappa shape index (κ3) is 6.58. The van der Waals surface area contributed by atoms with E-state index < -0.39 is 0 Å². The van der Waals surface area contributed by atoms with Crippen LogP contribution in [0.1, 0.15) is 45.5 Å². The van der Waals surface area contributed by atoms with Gasteiger partial charge in [-0.1, -0.05) is 18.2 Å². The molecule has 0 amide bonds. The summed E-state index contributed by atoms with van der Waals surface area (Å²) in [7, 11) is 9.81. The smallest absolute Gasteiger partial charge is 0.201 e. The number of methoxy groups -OCH3 is 2. The maximum absolute atomic E-state index is 11.6. The number of ether oxygens (including phenoxy) is 4. The average molecular weight is 699 g/mol. The molecule has 0 radical (unpaired) electrons. The van der Waals surface area contributed by atoms with Gasteiger partial charge >= 0.3 is 0 Å². The number of fused-ring (bicyclic) bond motifs is 5. The number of rotatable bonds is 2. The molecule has 3 aliphatic heterocycles. The molecule has 4 aromatic carbocycles. The van der Waals surface area contributed by atoms with Crippen LogP contribution in [0.2, 0.25) is 0 Å². The van der Waals surface area contributed by atoms with Crippen LogP contribution >= 0.6 is 0 Å². The molecule has 0 unspecified atom stereocenters. The highest BCUT2D eigenvalue weighted by Crippen LogP contribution is 2.51. The monoisotopic (exact) mass is 697 g/mol. The fraction of sp³-hybridized carbons (Fsp3) is 0.351. The molecule has 0 aromatic heterocycles. The van der Waals surface area contributed by atoms with Crippen molar-refractivity contribution in [1.82, 2.24) is 4.90 Å². The molecule has 258 valence electrons. The van der Waals surface area contributed by atoms with Crippen LogP contribution in [-0.4, -0.2) is 73.5 Å². The van der Waals surface area contributed by atoms with E-state index in [9.17, 15) is 10.2 Å². The van der Waals surface area contributed by atoms with E-state index in [0.717, 1.165) is 54.6 Å². The number of phenolic OH excluding ortho intramolecular Hbond substituents is 2. The molecule has 0 fully saturated rings. The van der Waals surface area contributed by atoms with Crippen LogP contribution in [0.25, 0.3) is 0 Å². The molecule has 4 N–H and O–H groups in total. The van der Waals surface area contributed by atoms with E-state index >= 15 is 0 Å². The topological polar surface area (TPSA) is 112 Å². The number of phenols is 2. The van der Waals surface area contributed by atoms with Crippen molar-refractivity contribution in [2.75, 3.05) is 48.5 Å². The Hall–Kier alpha value is -3.86. The molecule has 0 saturated carbocycles. The van der Waals surface area contributed by atoms with Crippen LogP contribution in [0.15, 0.2) is 60.7 Å². The lowest BCUT2D eigenvalue weighted by molar-refractivity contribution is -0.923. The van der Waals surface area contributed by atoms with Gasteiger partial charge in [-0.25, -0.2) is 0 Å². The molecule has 48 heavy (non-hydrogen) atoms. The Morgan fingerprint density at radius 3 is 2.29 bits per heavy atom. The molecule has 0 saturated heterocycles. The van der Waals surface area contributed by atoms with Gasteiger partial charge in [0.25, 0.3) is 0 Å². The lowest BCUT2D eigenvalue weighted by Crippen LogP contribution is -3.00. The summed E-state index contributed by atoms with van der Waals surface area (Å²) in [4.78, 5) is 2.37. The van der Waals surface area contributed by atoms with E-state index in [1.165, 1.54) is 11.1 Å².